The number of benzene rings is 2. The Balaban J connectivity index is 1.25. The number of anilines is 3. The zero-order valence-electron chi connectivity index (χ0n) is 18.9. The number of amides is 2. The van der Waals surface area contributed by atoms with Crippen LogP contribution < -0.4 is 24.6 Å². The van der Waals surface area contributed by atoms with E-state index >= 15 is 0 Å². The first-order valence-electron chi connectivity index (χ1n) is 11.0. The van der Waals surface area contributed by atoms with Crippen LogP contribution in [0.5, 0.6) is 11.5 Å². The standard InChI is InChI=1S/C24H27N3O5S/c1-24(2,3)32-23(29)25-16-4-7-21-18(8-16)27(22(28)13-33-21)12-15-10-26(11-15)17-5-6-19-20(9-17)31-14-30-19/h4-9,15H,10-14H2,1-3H3,(H,25,29). The predicted octanol–water partition coefficient (Wildman–Crippen LogP) is 4.34. The molecule has 0 spiro atoms. The van der Waals surface area contributed by atoms with Gasteiger partial charge in [0.1, 0.15) is 5.60 Å². The number of rotatable bonds is 4. The van der Waals surface area contributed by atoms with Gasteiger partial charge in [-0.05, 0) is 51.1 Å². The van der Waals surface area contributed by atoms with E-state index in [2.05, 4.69) is 10.2 Å². The molecule has 0 aliphatic carbocycles. The van der Waals surface area contributed by atoms with Crippen LogP contribution in [0.3, 0.4) is 0 Å². The van der Waals surface area contributed by atoms with Crippen LogP contribution in [0.2, 0.25) is 0 Å². The van der Waals surface area contributed by atoms with E-state index in [0.29, 0.717) is 23.9 Å². The summed E-state index contributed by atoms with van der Waals surface area (Å²) >= 11 is 1.53. The van der Waals surface area contributed by atoms with Crippen molar-refractivity contribution >= 4 is 40.8 Å². The molecule has 9 heteroatoms. The molecular formula is C24H27N3O5S. The summed E-state index contributed by atoms with van der Waals surface area (Å²) in [5.41, 5.74) is 1.97. The van der Waals surface area contributed by atoms with E-state index in [-0.39, 0.29) is 12.7 Å². The molecule has 8 nitrogen and oxygen atoms in total. The molecule has 0 bridgehead atoms. The van der Waals surface area contributed by atoms with E-state index in [1.807, 2.05) is 62.1 Å². The first-order valence-corrected chi connectivity index (χ1v) is 12.0. The van der Waals surface area contributed by atoms with Crippen LogP contribution in [0.4, 0.5) is 21.9 Å². The second-order valence-corrected chi connectivity index (χ2v) is 10.4. The molecule has 2 aromatic carbocycles. The van der Waals surface area contributed by atoms with Crippen molar-refractivity contribution in [3.63, 3.8) is 0 Å². The summed E-state index contributed by atoms with van der Waals surface area (Å²) < 4.78 is 16.2. The van der Waals surface area contributed by atoms with E-state index in [4.69, 9.17) is 14.2 Å². The molecule has 0 aromatic heterocycles. The van der Waals surface area contributed by atoms with Crippen LogP contribution in [0.25, 0.3) is 0 Å². The molecule has 5 rings (SSSR count). The third-order valence-electron chi connectivity index (χ3n) is 5.67. The molecule has 3 heterocycles. The normalized spacial score (nSPS) is 17.5. The predicted molar refractivity (Wildman–Crippen MR) is 128 cm³/mol. The molecule has 2 amide bonds. The number of carbonyl (C=O) groups excluding carboxylic acids is 2. The molecule has 33 heavy (non-hydrogen) atoms. The molecule has 0 atom stereocenters. The number of hydrogen-bond acceptors (Lipinski definition) is 7. The van der Waals surface area contributed by atoms with Gasteiger partial charge in [0.2, 0.25) is 12.7 Å². The van der Waals surface area contributed by atoms with Crippen molar-refractivity contribution in [1.82, 2.24) is 0 Å². The third kappa shape index (κ3) is 4.68. The molecule has 0 unspecified atom stereocenters. The summed E-state index contributed by atoms with van der Waals surface area (Å²) in [5.74, 6) is 2.42. The van der Waals surface area contributed by atoms with Crippen molar-refractivity contribution in [3.05, 3.63) is 36.4 Å². The molecule has 174 valence electrons. The second kappa shape index (κ2) is 8.37. The van der Waals surface area contributed by atoms with Crippen LogP contribution in [0, 0.1) is 5.92 Å². The van der Waals surface area contributed by atoms with Crippen LogP contribution in [0.15, 0.2) is 41.3 Å². The van der Waals surface area contributed by atoms with Crippen LogP contribution in [0.1, 0.15) is 20.8 Å². The van der Waals surface area contributed by atoms with Gasteiger partial charge >= 0.3 is 6.09 Å². The quantitative estimate of drug-likeness (QED) is 0.714. The summed E-state index contributed by atoms with van der Waals surface area (Å²) in [6.45, 7) is 8.10. The van der Waals surface area contributed by atoms with Gasteiger partial charge in [-0.15, -0.1) is 11.8 Å². The third-order valence-corrected chi connectivity index (χ3v) is 6.71. The van der Waals surface area contributed by atoms with E-state index < -0.39 is 11.7 Å². The average Bonchev–Trinajstić information content (AvgIpc) is 3.18. The van der Waals surface area contributed by atoms with Gasteiger partial charge in [-0.1, -0.05) is 0 Å². The van der Waals surface area contributed by atoms with Crippen molar-refractivity contribution in [2.45, 2.75) is 31.3 Å². The fraction of sp³-hybridized carbons (Fsp3) is 0.417. The van der Waals surface area contributed by atoms with Crippen molar-refractivity contribution < 1.29 is 23.8 Å². The maximum absolute atomic E-state index is 12.8. The highest BCUT2D eigenvalue weighted by Crippen LogP contribution is 2.40. The molecule has 3 aliphatic heterocycles. The Morgan fingerprint density at radius 1 is 1.15 bits per heavy atom. The summed E-state index contributed by atoms with van der Waals surface area (Å²) in [4.78, 5) is 30.1. The lowest BCUT2D eigenvalue weighted by atomic mass is 9.97. The first kappa shape index (κ1) is 21.8. The van der Waals surface area contributed by atoms with E-state index in [0.717, 1.165) is 40.9 Å². The molecular weight excluding hydrogens is 442 g/mol. The Kier molecular flexibility index (Phi) is 5.52. The SMILES string of the molecule is CC(C)(C)OC(=O)Nc1ccc2c(c1)N(CC1CN(c3ccc4c(c3)OCO4)C1)C(=O)CS2. The van der Waals surface area contributed by atoms with Gasteiger partial charge in [0, 0.05) is 47.9 Å². The Hall–Kier alpha value is -3.07. The Labute approximate surface area is 197 Å². The van der Waals surface area contributed by atoms with Crippen LogP contribution >= 0.6 is 11.8 Å². The maximum atomic E-state index is 12.8. The summed E-state index contributed by atoms with van der Waals surface area (Å²) in [6, 6.07) is 11.6. The maximum Gasteiger partial charge on any atom is 0.412 e. The van der Waals surface area contributed by atoms with Crippen LogP contribution in [-0.2, 0) is 9.53 Å². The minimum atomic E-state index is -0.579. The van der Waals surface area contributed by atoms with E-state index in [9.17, 15) is 9.59 Å². The minimum Gasteiger partial charge on any atom is -0.454 e. The smallest absolute Gasteiger partial charge is 0.412 e. The molecule has 1 fully saturated rings. The minimum absolute atomic E-state index is 0.0865. The van der Waals surface area contributed by atoms with Gasteiger partial charge in [-0.25, -0.2) is 4.79 Å². The van der Waals surface area contributed by atoms with Gasteiger partial charge in [0.15, 0.2) is 11.5 Å². The molecule has 0 saturated carbocycles. The van der Waals surface area contributed by atoms with Crippen molar-refractivity contribution in [1.29, 1.82) is 0 Å². The molecule has 2 aromatic rings. The monoisotopic (exact) mass is 469 g/mol. The first-order chi connectivity index (χ1) is 15.7. The number of nitrogens with one attached hydrogen (secondary N) is 1. The Morgan fingerprint density at radius 2 is 1.94 bits per heavy atom. The second-order valence-electron chi connectivity index (χ2n) is 9.41. The highest BCUT2D eigenvalue weighted by Gasteiger charge is 2.34. The van der Waals surface area contributed by atoms with Gasteiger partial charge in [0.05, 0.1) is 11.4 Å². The zero-order chi connectivity index (χ0) is 23.2. The largest absolute Gasteiger partial charge is 0.454 e. The lowest BCUT2D eigenvalue weighted by Crippen LogP contribution is -2.53. The van der Waals surface area contributed by atoms with Crippen molar-refractivity contribution in [2.24, 2.45) is 5.92 Å². The number of carbonyl (C=O) groups is 2. The highest BCUT2D eigenvalue weighted by atomic mass is 32.2. The number of nitrogens with zero attached hydrogens (tertiary/aromatic N) is 2. The molecule has 0 radical (unpaired) electrons. The van der Waals surface area contributed by atoms with Crippen molar-refractivity contribution in [2.75, 3.05) is 47.3 Å². The van der Waals surface area contributed by atoms with E-state index in [1.165, 1.54) is 11.8 Å². The number of ether oxygens (including phenoxy) is 3. The summed E-state index contributed by atoms with van der Waals surface area (Å²) in [6.07, 6.45) is -0.512. The summed E-state index contributed by atoms with van der Waals surface area (Å²) in [5, 5.41) is 2.78. The van der Waals surface area contributed by atoms with Gasteiger partial charge < -0.3 is 24.0 Å². The lowest BCUT2D eigenvalue weighted by Gasteiger charge is -2.44. The molecule has 3 aliphatic rings. The average molecular weight is 470 g/mol. The topological polar surface area (TPSA) is 80.3 Å². The number of fused-ring (bicyclic) bond motifs is 2. The van der Waals surface area contributed by atoms with E-state index in [1.54, 1.807) is 0 Å². The fourth-order valence-corrected chi connectivity index (χ4v) is 5.05. The lowest BCUT2D eigenvalue weighted by molar-refractivity contribution is -0.116. The van der Waals surface area contributed by atoms with Crippen molar-refractivity contribution in [3.8, 4) is 11.5 Å². The van der Waals surface area contributed by atoms with Gasteiger partial charge in [-0.2, -0.15) is 0 Å². The molecule has 1 N–H and O–H groups in total. The highest BCUT2D eigenvalue weighted by molar-refractivity contribution is 8.00. The summed E-state index contributed by atoms with van der Waals surface area (Å²) in [7, 11) is 0. The van der Waals surface area contributed by atoms with Gasteiger partial charge in [0.25, 0.3) is 0 Å². The fourth-order valence-electron chi connectivity index (χ4n) is 4.14. The van der Waals surface area contributed by atoms with Crippen LogP contribution in [-0.4, -0.2) is 49.8 Å². The Morgan fingerprint density at radius 3 is 2.73 bits per heavy atom. The van der Waals surface area contributed by atoms with Gasteiger partial charge in [-0.3, -0.25) is 10.1 Å². The molecule has 1 saturated heterocycles. The Bertz CT molecular complexity index is 1090. The number of thioether (sulfide) groups is 1. The zero-order valence-corrected chi connectivity index (χ0v) is 19.7. The number of hydrogen-bond donors (Lipinski definition) is 1.